The Morgan fingerprint density at radius 2 is 1.54 bits per heavy atom. The smallest absolute Gasteiger partial charge is 0.410 e. The molecule has 0 unspecified atom stereocenters. The van der Waals surface area contributed by atoms with E-state index in [1.54, 1.807) is 29.2 Å². The van der Waals surface area contributed by atoms with E-state index < -0.39 is 0 Å². The molecule has 3 rings (SSSR count). The second-order valence-electron chi connectivity index (χ2n) is 8.00. The Hall–Kier alpha value is -2.37. The standard InChI is InChI=1S/C20H26N2O4/c1-20(2,3)22(19(25)26-4)14-11-9-13(10-12-14)21-17(23)15-7-5-6-8-16(15)18(21)24/h5-8,13-14H,9-12H2,1-4H3. The average Bonchev–Trinajstić information content (AvgIpc) is 2.86. The minimum atomic E-state index is -0.347. The van der Waals surface area contributed by atoms with Gasteiger partial charge in [0.15, 0.2) is 0 Å². The van der Waals surface area contributed by atoms with Gasteiger partial charge in [-0.3, -0.25) is 14.5 Å². The maximum atomic E-state index is 12.7. The predicted molar refractivity (Wildman–Crippen MR) is 97.0 cm³/mol. The molecule has 0 bridgehead atoms. The quantitative estimate of drug-likeness (QED) is 0.760. The van der Waals surface area contributed by atoms with Crippen LogP contribution in [0.3, 0.4) is 0 Å². The molecule has 0 aromatic heterocycles. The highest BCUT2D eigenvalue weighted by atomic mass is 16.5. The molecule has 1 aliphatic heterocycles. The Morgan fingerprint density at radius 3 is 1.96 bits per heavy atom. The topological polar surface area (TPSA) is 66.9 Å². The zero-order chi connectivity index (χ0) is 19.1. The normalized spacial score (nSPS) is 23.0. The molecular formula is C20H26N2O4. The third-order valence-electron chi connectivity index (χ3n) is 5.32. The number of hydrogen-bond donors (Lipinski definition) is 0. The predicted octanol–water partition coefficient (Wildman–Crippen LogP) is 3.46. The number of methoxy groups -OCH3 is 1. The molecule has 1 fully saturated rings. The van der Waals surface area contributed by atoms with E-state index >= 15 is 0 Å². The van der Waals surface area contributed by atoms with Gasteiger partial charge in [0.1, 0.15) is 0 Å². The number of nitrogens with zero attached hydrogens (tertiary/aromatic N) is 2. The van der Waals surface area contributed by atoms with Crippen LogP contribution in [-0.4, -0.2) is 52.4 Å². The third kappa shape index (κ3) is 3.08. The molecule has 3 amide bonds. The molecule has 0 saturated heterocycles. The fourth-order valence-corrected chi connectivity index (χ4v) is 4.18. The lowest BCUT2D eigenvalue weighted by Gasteiger charge is -2.44. The highest BCUT2D eigenvalue weighted by Crippen LogP contribution is 2.34. The van der Waals surface area contributed by atoms with Crippen LogP contribution in [0.25, 0.3) is 0 Å². The lowest BCUT2D eigenvalue weighted by Crippen LogP contribution is -2.54. The molecule has 140 valence electrons. The molecule has 2 aliphatic rings. The Labute approximate surface area is 154 Å². The van der Waals surface area contributed by atoms with E-state index in [1.807, 2.05) is 20.8 Å². The molecule has 1 saturated carbocycles. The zero-order valence-electron chi connectivity index (χ0n) is 15.8. The molecule has 1 aliphatic carbocycles. The number of amides is 3. The molecule has 0 spiro atoms. The molecule has 6 heteroatoms. The minimum Gasteiger partial charge on any atom is -0.453 e. The average molecular weight is 358 g/mol. The van der Waals surface area contributed by atoms with Gasteiger partial charge in [-0.2, -0.15) is 0 Å². The maximum absolute atomic E-state index is 12.7. The summed E-state index contributed by atoms with van der Waals surface area (Å²) in [5.74, 6) is -0.399. The van der Waals surface area contributed by atoms with Crippen LogP contribution in [0.4, 0.5) is 4.79 Å². The fraction of sp³-hybridized carbons (Fsp3) is 0.550. The second-order valence-corrected chi connectivity index (χ2v) is 8.00. The molecule has 0 radical (unpaired) electrons. The highest BCUT2D eigenvalue weighted by Gasteiger charge is 2.43. The van der Waals surface area contributed by atoms with Crippen molar-refractivity contribution in [3.8, 4) is 0 Å². The van der Waals surface area contributed by atoms with Crippen LogP contribution in [0.2, 0.25) is 0 Å². The number of carbonyl (C=O) groups is 3. The van der Waals surface area contributed by atoms with Crippen molar-refractivity contribution in [2.75, 3.05) is 7.11 Å². The SMILES string of the molecule is COC(=O)N(C1CCC(N2C(=O)c3ccccc3C2=O)CC1)C(C)(C)C. The summed E-state index contributed by atoms with van der Waals surface area (Å²) in [7, 11) is 1.39. The van der Waals surface area contributed by atoms with Crippen molar-refractivity contribution < 1.29 is 19.1 Å². The van der Waals surface area contributed by atoms with Crippen molar-refractivity contribution in [1.29, 1.82) is 0 Å². The largest absolute Gasteiger partial charge is 0.453 e. The van der Waals surface area contributed by atoms with Gasteiger partial charge in [0.2, 0.25) is 0 Å². The third-order valence-corrected chi connectivity index (χ3v) is 5.32. The number of rotatable bonds is 2. The first-order chi connectivity index (χ1) is 12.3. The van der Waals surface area contributed by atoms with E-state index in [-0.39, 0.29) is 35.5 Å². The molecule has 0 N–H and O–H groups in total. The van der Waals surface area contributed by atoms with Crippen molar-refractivity contribution in [3.63, 3.8) is 0 Å². The van der Waals surface area contributed by atoms with Crippen LogP contribution in [0.15, 0.2) is 24.3 Å². The lowest BCUT2D eigenvalue weighted by atomic mass is 9.87. The molecule has 1 aromatic carbocycles. The first-order valence-corrected chi connectivity index (χ1v) is 9.10. The lowest BCUT2D eigenvalue weighted by molar-refractivity contribution is 0.0287. The molecule has 0 atom stereocenters. The molecule has 6 nitrogen and oxygen atoms in total. The highest BCUT2D eigenvalue weighted by molar-refractivity contribution is 6.21. The Kier molecular flexibility index (Phi) is 4.78. The summed E-state index contributed by atoms with van der Waals surface area (Å²) in [5, 5.41) is 0. The van der Waals surface area contributed by atoms with Crippen LogP contribution in [0.5, 0.6) is 0 Å². The van der Waals surface area contributed by atoms with Gasteiger partial charge < -0.3 is 9.64 Å². The van der Waals surface area contributed by atoms with Crippen LogP contribution in [0.1, 0.15) is 67.2 Å². The van der Waals surface area contributed by atoms with Gasteiger partial charge in [0, 0.05) is 17.6 Å². The summed E-state index contributed by atoms with van der Waals surface area (Å²) in [6.45, 7) is 5.96. The van der Waals surface area contributed by atoms with Gasteiger partial charge in [0.05, 0.1) is 18.2 Å². The first-order valence-electron chi connectivity index (χ1n) is 9.10. The molecular weight excluding hydrogens is 332 g/mol. The van der Waals surface area contributed by atoms with Crippen LogP contribution >= 0.6 is 0 Å². The van der Waals surface area contributed by atoms with E-state index in [4.69, 9.17) is 4.74 Å². The minimum absolute atomic E-state index is 0.0499. The van der Waals surface area contributed by atoms with Crippen molar-refractivity contribution >= 4 is 17.9 Å². The Morgan fingerprint density at radius 1 is 1.04 bits per heavy atom. The van der Waals surface area contributed by atoms with Crippen molar-refractivity contribution in [2.45, 2.75) is 64.1 Å². The van der Waals surface area contributed by atoms with Gasteiger partial charge in [-0.1, -0.05) is 12.1 Å². The van der Waals surface area contributed by atoms with E-state index in [9.17, 15) is 14.4 Å². The molecule has 26 heavy (non-hydrogen) atoms. The maximum Gasteiger partial charge on any atom is 0.410 e. The number of hydrogen-bond acceptors (Lipinski definition) is 4. The van der Waals surface area contributed by atoms with Gasteiger partial charge in [-0.05, 0) is 58.6 Å². The molecule has 1 heterocycles. The van der Waals surface area contributed by atoms with E-state index in [0.717, 1.165) is 12.8 Å². The van der Waals surface area contributed by atoms with E-state index in [1.165, 1.54) is 12.0 Å². The monoisotopic (exact) mass is 358 g/mol. The number of fused-ring (bicyclic) bond motifs is 1. The summed E-state index contributed by atoms with van der Waals surface area (Å²) < 4.78 is 4.96. The Bertz CT molecular complexity index is 695. The van der Waals surface area contributed by atoms with Crippen molar-refractivity contribution in [3.05, 3.63) is 35.4 Å². The summed E-state index contributed by atoms with van der Waals surface area (Å²) in [6, 6.07) is 6.91. The second kappa shape index (κ2) is 6.74. The van der Waals surface area contributed by atoms with Crippen molar-refractivity contribution in [1.82, 2.24) is 9.80 Å². The van der Waals surface area contributed by atoms with Crippen LogP contribution in [0, 0.1) is 0 Å². The summed E-state index contributed by atoms with van der Waals surface area (Å²) in [6.07, 6.45) is 2.54. The zero-order valence-corrected chi connectivity index (χ0v) is 15.8. The van der Waals surface area contributed by atoms with Gasteiger partial charge in [-0.15, -0.1) is 0 Å². The van der Waals surface area contributed by atoms with Gasteiger partial charge >= 0.3 is 6.09 Å². The van der Waals surface area contributed by atoms with Crippen LogP contribution in [-0.2, 0) is 4.74 Å². The van der Waals surface area contributed by atoms with Gasteiger partial charge in [0.25, 0.3) is 11.8 Å². The number of carbonyl (C=O) groups excluding carboxylic acids is 3. The number of ether oxygens (including phenoxy) is 1. The summed E-state index contributed by atoms with van der Waals surface area (Å²) >= 11 is 0. The Balaban J connectivity index is 1.72. The summed E-state index contributed by atoms with van der Waals surface area (Å²) in [4.78, 5) is 40.7. The summed E-state index contributed by atoms with van der Waals surface area (Å²) in [5.41, 5.74) is 0.635. The number of imide groups is 1. The van der Waals surface area contributed by atoms with E-state index in [2.05, 4.69) is 0 Å². The van der Waals surface area contributed by atoms with E-state index in [0.29, 0.717) is 24.0 Å². The molecule has 1 aromatic rings. The fourth-order valence-electron chi connectivity index (χ4n) is 4.18. The first kappa shape index (κ1) is 18.4. The number of benzene rings is 1. The van der Waals surface area contributed by atoms with Crippen LogP contribution < -0.4 is 0 Å². The van der Waals surface area contributed by atoms with Crippen molar-refractivity contribution in [2.24, 2.45) is 0 Å². The van der Waals surface area contributed by atoms with Gasteiger partial charge in [-0.25, -0.2) is 4.79 Å².